The number of H-pyrrole nitrogens is 2. The van der Waals surface area contributed by atoms with E-state index in [2.05, 4.69) is 10.3 Å². The Morgan fingerprint density at radius 1 is 1.06 bits per heavy atom. The SMILES string of the molecule is NC(=O)N[C@H]1[C@@H](O)[C@H]([C@@H](O)C(O)c2c[nH]c(=O)[nH]c2=O)O[C@H](C(=O)O)[C@@H]1O[C@@H]1O[C@H](C(=O)N[C@@H](CCSC[C@H](N)C(=O)O)C(=O)O)C[C@H](N)[C@H]1O. The summed E-state index contributed by atoms with van der Waals surface area (Å²) in [5, 5.41) is 76.1. The number of carboxylic acid groups (broad SMARTS) is 3. The first-order chi connectivity index (χ1) is 23.8. The molecular formula is C26H39N7O17S. The number of aromatic amines is 2. The van der Waals surface area contributed by atoms with E-state index in [4.69, 9.17) is 36.5 Å². The molecule has 51 heavy (non-hydrogen) atoms. The first kappa shape index (κ1) is 41.2. The van der Waals surface area contributed by atoms with Crippen LogP contribution in [0.25, 0.3) is 0 Å². The van der Waals surface area contributed by atoms with E-state index in [0.29, 0.717) is 0 Å². The van der Waals surface area contributed by atoms with Crippen molar-refractivity contribution in [2.75, 3.05) is 11.5 Å². The molecule has 3 rings (SSSR count). The van der Waals surface area contributed by atoms with Gasteiger partial charge >= 0.3 is 29.6 Å². The van der Waals surface area contributed by atoms with Gasteiger partial charge < -0.3 is 82.8 Å². The standard InChI is InChI=1S/C26H39N7O17S/c27-7-3-10(20(39)31-9(22(42)43)1-2-51-5-8(28)21(40)41)48-24(13(7)35)50-16-11(32-25(29)46)14(36)17(49-18(16)23(44)45)15(37)12(34)6-4-30-26(47)33-19(6)38/h4,7-18,24,34-37H,1-3,5,27-28H2,(H,31,39)(H,40,41)(H,42,43)(H,44,45)(H3,29,32,46)(H2,30,33,38,47)/t7-,8-,9-,10-,11-,12?,13+,14+,15-,16+,17+,18-,24-/m0/s1. The zero-order valence-corrected chi connectivity index (χ0v) is 27.1. The summed E-state index contributed by atoms with van der Waals surface area (Å²) in [5.74, 6) is -5.55. The Kier molecular flexibility index (Phi) is 14.4. The molecule has 286 valence electrons. The fourth-order valence-electron chi connectivity index (χ4n) is 5.21. The Balaban J connectivity index is 1.81. The Morgan fingerprint density at radius 3 is 2.29 bits per heavy atom. The largest absolute Gasteiger partial charge is 0.480 e. The van der Waals surface area contributed by atoms with Gasteiger partial charge in [-0.3, -0.25) is 19.4 Å². The minimum absolute atomic E-state index is 0.0369. The van der Waals surface area contributed by atoms with Crippen LogP contribution in [0, 0.1) is 0 Å². The van der Waals surface area contributed by atoms with Crippen molar-refractivity contribution in [3.63, 3.8) is 0 Å². The number of hydrogen-bond donors (Lipinski definition) is 14. The third kappa shape index (κ3) is 10.4. The third-order valence-electron chi connectivity index (χ3n) is 7.91. The number of amides is 3. The van der Waals surface area contributed by atoms with E-state index in [-0.39, 0.29) is 17.9 Å². The molecule has 0 bridgehead atoms. The number of primary amides is 1. The minimum atomic E-state index is -2.29. The van der Waals surface area contributed by atoms with Gasteiger partial charge in [-0.1, -0.05) is 0 Å². The number of nitrogens with two attached hydrogens (primary N) is 3. The lowest BCUT2D eigenvalue weighted by molar-refractivity contribution is -0.299. The highest BCUT2D eigenvalue weighted by Crippen LogP contribution is 2.32. The Morgan fingerprint density at radius 2 is 1.73 bits per heavy atom. The molecule has 0 aromatic carbocycles. The van der Waals surface area contributed by atoms with E-state index in [1.807, 2.05) is 5.32 Å². The van der Waals surface area contributed by atoms with Crippen LogP contribution in [0.4, 0.5) is 4.79 Å². The van der Waals surface area contributed by atoms with E-state index >= 15 is 0 Å². The molecule has 2 aliphatic rings. The first-order valence-corrected chi connectivity index (χ1v) is 16.1. The molecule has 13 atom stereocenters. The summed E-state index contributed by atoms with van der Waals surface area (Å²) in [7, 11) is 0. The number of carboxylic acids is 3. The maximum absolute atomic E-state index is 13.1. The van der Waals surface area contributed by atoms with Gasteiger partial charge in [0, 0.05) is 24.4 Å². The second kappa shape index (κ2) is 17.8. The second-order valence-electron chi connectivity index (χ2n) is 11.5. The second-order valence-corrected chi connectivity index (χ2v) is 12.7. The molecule has 0 saturated carbocycles. The lowest BCUT2D eigenvalue weighted by atomic mass is 9.87. The highest BCUT2D eigenvalue weighted by Gasteiger charge is 2.55. The minimum Gasteiger partial charge on any atom is -0.480 e. The summed E-state index contributed by atoms with van der Waals surface area (Å²) in [4.78, 5) is 87.5. The van der Waals surface area contributed by atoms with Gasteiger partial charge in [0.15, 0.2) is 12.4 Å². The lowest BCUT2D eigenvalue weighted by Crippen LogP contribution is -2.70. The molecule has 25 heteroatoms. The number of hydrogen-bond acceptors (Lipinski definition) is 17. The van der Waals surface area contributed by atoms with Gasteiger partial charge in [0.25, 0.3) is 5.56 Å². The number of carbonyl (C=O) groups excluding carboxylic acids is 2. The van der Waals surface area contributed by atoms with Crippen LogP contribution >= 0.6 is 11.8 Å². The topological polar surface area (TPSA) is 422 Å². The molecule has 1 aromatic rings. The Bertz CT molecular complexity index is 1550. The molecule has 3 heterocycles. The van der Waals surface area contributed by atoms with Crippen LogP contribution in [-0.2, 0) is 33.4 Å². The zero-order chi connectivity index (χ0) is 38.3. The molecule has 2 saturated heterocycles. The maximum Gasteiger partial charge on any atom is 0.335 e. The van der Waals surface area contributed by atoms with Gasteiger partial charge in [0.1, 0.15) is 54.8 Å². The van der Waals surface area contributed by atoms with Crippen molar-refractivity contribution in [2.24, 2.45) is 17.2 Å². The summed E-state index contributed by atoms with van der Waals surface area (Å²) in [5.41, 5.74) is 13.9. The number of carbonyl (C=O) groups is 5. The van der Waals surface area contributed by atoms with E-state index in [1.165, 1.54) is 0 Å². The summed E-state index contributed by atoms with van der Waals surface area (Å²) in [6.07, 6.45) is -18.3. The molecule has 1 unspecified atom stereocenters. The summed E-state index contributed by atoms with van der Waals surface area (Å²) < 4.78 is 16.5. The Labute approximate surface area is 289 Å². The van der Waals surface area contributed by atoms with E-state index in [0.717, 1.165) is 18.0 Å². The van der Waals surface area contributed by atoms with Crippen molar-refractivity contribution in [3.05, 3.63) is 32.6 Å². The van der Waals surface area contributed by atoms with Crippen LogP contribution in [-0.4, -0.2) is 160 Å². The molecule has 17 N–H and O–H groups in total. The molecule has 24 nitrogen and oxygen atoms in total. The van der Waals surface area contributed by atoms with Crippen molar-refractivity contribution in [1.82, 2.24) is 20.6 Å². The van der Waals surface area contributed by atoms with Crippen molar-refractivity contribution < 1.29 is 73.9 Å². The number of thioether (sulfide) groups is 1. The van der Waals surface area contributed by atoms with Gasteiger partial charge in [-0.15, -0.1) is 0 Å². The molecule has 2 aliphatic heterocycles. The van der Waals surface area contributed by atoms with Crippen LogP contribution in [0.3, 0.4) is 0 Å². The van der Waals surface area contributed by atoms with Crippen molar-refractivity contribution in [1.29, 1.82) is 0 Å². The highest BCUT2D eigenvalue weighted by atomic mass is 32.2. The highest BCUT2D eigenvalue weighted by molar-refractivity contribution is 7.99. The maximum atomic E-state index is 13.1. The number of urea groups is 1. The number of rotatable bonds is 16. The van der Waals surface area contributed by atoms with E-state index in [9.17, 15) is 64.2 Å². The van der Waals surface area contributed by atoms with Crippen LogP contribution in [0.5, 0.6) is 0 Å². The number of ether oxygens (including phenoxy) is 3. The van der Waals surface area contributed by atoms with E-state index < -0.39 is 132 Å². The fourth-order valence-corrected chi connectivity index (χ4v) is 6.18. The van der Waals surface area contributed by atoms with Crippen molar-refractivity contribution in [2.45, 2.75) is 92.1 Å². The number of aliphatic hydroxyl groups excluding tert-OH is 4. The average molecular weight is 754 g/mol. The van der Waals surface area contributed by atoms with Crippen LogP contribution < -0.4 is 39.1 Å². The molecule has 0 spiro atoms. The summed E-state index contributed by atoms with van der Waals surface area (Å²) in [6, 6.07) is -7.27. The lowest BCUT2D eigenvalue weighted by Gasteiger charge is -2.47. The van der Waals surface area contributed by atoms with Crippen molar-refractivity contribution >= 4 is 41.6 Å². The van der Waals surface area contributed by atoms with Crippen LogP contribution in [0.15, 0.2) is 15.8 Å². The van der Waals surface area contributed by atoms with Gasteiger partial charge in [-0.25, -0.2) is 19.2 Å². The number of aliphatic carboxylic acids is 3. The van der Waals surface area contributed by atoms with E-state index in [1.54, 1.807) is 4.98 Å². The van der Waals surface area contributed by atoms with Crippen LogP contribution in [0.2, 0.25) is 0 Å². The fraction of sp³-hybridized carbons (Fsp3) is 0.654. The predicted molar refractivity (Wildman–Crippen MR) is 167 cm³/mol. The smallest absolute Gasteiger partial charge is 0.335 e. The molecule has 0 radical (unpaired) electrons. The number of aliphatic hydroxyl groups is 4. The monoisotopic (exact) mass is 753 g/mol. The van der Waals surface area contributed by atoms with Gasteiger partial charge in [-0.05, 0) is 12.2 Å². The van der Waals surface area contributed by atoms with Gasteiger partial charge in [0.05, 0.1) is 11.6 Å². The molecular weight excluding hydrogens is 714 g/mol. The molecule has 1 aromatic heterocycles. The first-order valence-electron chi connectivity index (χ1n) is 15.0. The van der Waals surface area contributed by atoms with Crippen LogP contribution in [0.1, 0.15) is 24.5 Å². The van der Waals surface area contributed by atoms with Crippen molar-refractivity contribution in [3.8, 4) is 0 Å². The third-order valence-corrected chi connectivity index (χ3v) is 9.02. The van der Waals surface area contributed by atoms with Gasteiger partial charge in [-0.2, -0.15) is 11.8 Å². The van der Waals surface area contributed by atoms with Gasteiger partial charge in [0.2, 0.25) is 5.91 Å². The zero-order valence-electron chi connectivity index (χ0n) is 26.3. The summed E-state index contributed by atoms with van der Waals surface area (Å²) in [6.45, 7) is 0. The molecule has 3 amide bonds. The molecule has 2 fully saturated rings. The normalized spacial score (nSPS) is 30.3. The number of nitrogens with one attached hydrogen (secondary N) is 4. The average Bonchev–Trinajstić information content (AvgIpc) is 3.04. The number of aromatic nitrogens is 2. The summed E-state index contributed by atoms with van der Waals surface area (Å²) >= 11 is 1.03. The predicted octanol–water partition coefficient (Wildman–Crippen LogP) is -7.00. The quantitative estimate of drug-likeness (QED) is 0.0697. The Hall–Kier alpha value is -4.18. The molecule has 0 aliphatic carbocycles.